The summed E-state index contributed by atoms with van der Waals surface area (Å²) in [6.07, 6.45) is 1.39. The van der Waals surface area contributed by atoms with Crippen molar-refractivity contribution < 1.29 is 19.0 Å². The molecule has 0 unspecified atom stereocenters. The Morgan fingerprint density at radius 2 is 1.88 bits per heavy atom. The zero-order valence-electron chi connectivity index (χ0n) is 13.4. The van der Waals surface area contributed by atoms with Gasteiger partial charge in [0.15, 0.2) is 16.7 Å². The minimum atomic E-state index is -0.266. The van der Waals surface area contributed by atoms with Crippen LogP contribution in [0.2, 0.25) is 0 Å². The van der Waals surface area contributed by atoms with Crippen LogP contribution in [0.5, 0.6) is 17.2 Å². The Kier molecular flexibility index (Phi) is 6.07. The number of rotatable bonds is 7. The van der Waals surface area contributed by atoms with Gasteiger partial charge in [0.1, 0.15) is 0 Å². The average Bonchev–Trinajstić information content (AvgIpc) is 2.59. The topological polar surface area (TPSA) is 103 Å². The molecule has 1 heterocycles. The summed E-state index contributed by atoms with van der Waals surface area (Å²) in [5.74, 6) is 1.14. The molecule has 8 nitrogen and oxygen atoms in total. The van der Waals surface area contributed by atoms with Crippen LogP contribution in [0.25, 0.3) is 0 Å². The second-order valence-corrected chi connectivity index (χ2v) is 5.45. The first-order chi connectivity index (χ1) is 11.6. The van der Waals surface area contributed by atoms with Crippen molar-refractivity contribution in [1.29, 1.82) is 0 Å². The lowest BCUT2D eigenvalue weighted by Crippen LogP contribution is -2.15. The molecule has 128 valence electrons. The van der Waals surface area contributed by atoms with E-state index in [1.165, 1.54) is 33.6 Å². The molecule has 0 spiro atoms. The quantitative estimate of drug-likeness (QED) is 0.576. The molecule has 0 aliphatic heterocycles. The Morgan fingerprint density at radius 3 is 2.42 bits per heavy atom. The van der Waals surface area contributed by atoms with Gasteiger partial charge in [-0.25, -0.2) is 4.98 Å². The molecule has 0 fully saturated rings. The van der Waals surface area contributed by atoms with Gasteiger partial charge in [-0.2, -0.15) is 0 Å². The summed E-state index contributed by atoms with van der Waals surface area (Å²) in [6.45, 7) is 0. The van der Waals surface area contributed by atoms with Crippen LogP contribution in [0, 0.1) is 0 Å². The fourth-order valence-corrected chi connectivity index (χ4v) is 2.56. The number of hydrogen-bond donors (Lipinski definition) is 2. The van der Waals surface area contributed by atoms with Crippen molar-refractivity contribution in [3.05, 3.63) is 34.7 Å². The van der Waals surface area contributed by atoms with Crippen molar-refractivity contribution in [2.45, 2.75) is 5.16 Å². The van der Waals surface area contributed by atoms with Crippen LogP contribution >= 0.6 is 11.8 Å². The molecule has 0 aliphatic rings. The maximum Gasteiger partial charge on any atom is 0.251 e. The zero-order chi connectivity index (χ0) is 17.5. The van der Waals surface area contributed by atoms with Gasteiger partial charge in [-0.05, 0) is 0 Å². The molecule has 0 bridgehead atoms. The van der Waals surface area contributed by atoms with E-state index in [9.17, 15) is 9.59 Å². The molecule has 24 heavy (non-hydrogen) atoms. The number of hydrogen-bond acceptors (Lipinski definition) is 7. The van der Waals surface area contributed by atoms with Gasteiger partial charge in [-0.15, -0.1) is 0 Å². The molecular weight excluding hydrogens is 334 g/mol. The van der Waals surface area contributed by atoms with E-state index in [-0.39, 0.29) is 17.2 Å². The first-order valence-corrected chi connectivity index (χ1v) is 7.84. The van der Waals surface area contributed by atoms with E-state index in [1.807, 2.05) is 0 Å². The van der Waals surface area contributed by atoms with Gasteiger partial charge >= 0.3 is 0 Å². The van der Waals surface area contributed by atoms with Crippen LogP contribution in [0.4, 0.5) is 5.69 Å². The van der Waals surface area contributed by atoms with E-state index >= 15 is 0 Å². The summed E-state index contributed by atoms with van der Waals surface area (Å²) in [5, 5.41) is 3.11. The van der Waals surface area contributed by atoms with Crippen molar-refractivity contribution in [1.82, 2.24) is 9.97 Å². The van der Waals surface area contributed by atoms with E-state index < -0.39 is 0 Å². The average molecular weight is 351 g/mol. The Morgan fingerprint density at radius 1 is 1.21 bits per heavy atom. The van der Waals surface area contributed by atoms with Gasteiger partial charge in [-0.3, -0.25) is 9.59 Å². The first kappa shape index (κ1) is 17.7. The van der Waals surface area contributed by atoms with E-state index in [0.717, 1.165) is 11.8 Å². The highest BCUT2D eigenvalue weighted by molar-refractivity contribution is 7.99. The van der Waals surface area contributed by atoms with Crippen LogP contribution in [0.1, 0.15) is 0 Å². The molecule has 0 aliphatic carbocycles. The lowest BCUT2D eigenvalue weighted by molar-refractivity contribution is -0.113. The van der Waals surface area contributed by atoms with Crippen LogP contribution < -0.4 is 25.1 Å². The van der Waals surface area contributed by atoms with E-state index in [0.29, 0.717) is 28.1 Å². The molecule has 2 rings (SSSR count). The standard InChI is InChI=1S/C15H17N3O5S/c1-21-10-6-9(7-11(22-2)14(10)23-3)17-13(20)8-24-15-16-5-4-12(19)18-15/h4-7H,8H2,1-3H3,(H,17,20)(H,16,18,19). The van der Waals surface area contributed by atoms with Crippen molar-refractivity contribution >= 4 is 23.4 Å². The molecule has 0 radical (unpaired) electrons. The fourth-order valence-electron chi connectivity index (χ4n) is 1.91. The van der Waals surface area contributed by atoms with Gasteiger partial charge in [-0.1, -0.05) is 11.8 Å². The van der Waals surface area contributed by atoms with Crippen LogP contribution in [0.3, 0.4) is 0 Å². The summed E-state index contributed by atoms with van der Waals surface area (Å²) in [6, 6.07) is 4.57. The predicted octanol–water partition coefficient (Wildman–Crippen LogP) is 1.53. The molecule has 2 N–H and O–H groups in total. The number of benzene rings is 1. The van der Waals surface area contributed by atoms with Gasteiger partial charge < -0.3 is 24.5 Å². The second-order valence-electron chi connectivity index (χ2n) is 4.49. The molecular formula is C15H17N3O5S. The highest BCUT2D eigenvalue weighted by Crippen LogP contribution is 2.39. The monoisotopic (exact) mass is 351 g/mol. The lowest BCUT2D eigenvalue weighted by Gasteiger charge is -2.14. The molecule has 0 saturated heterocycles. The van der Waals surface area contributed by atoms with Crippen molar-refractivity contribution in [2.24, 2.45) is 0 Å². The number of aromatic nitrogens is 2. The number of methoxy groups -OCH3 is 3. The summed E-state index contributed by atoms with van der Waals surface area (Å²) in [7, 11) is 4.50. The molecule has 2 aromatic rings. The SMILES string of the molecule is COc1cc(NC(=O)CSc2nccc(=O)[nH]2)cc(OC)c1OC. The van der Waals surface area contributed by atoms with Gasteiger partial charge in [0, 0.05) is 30.1 Å². The maximum atomic E-state index is 12.1. The summed E-state index contributed by atoms with van der Waals surface area (Å²) < 4.78 is 15.7. The minimum absolute atomic E-state index is 0.0869. The zero-order valence-corrected chi connectivity index (χ0v) is 14.2. The highest BCUT2D eigenvalue weighted by atomic mass is 32.2. The number of amides is 1. The second kappa shape index (κ2) is 8.25. The highest BCUT2D eigenvalue weighted by Gasteiger charge is 2.14. The summed E-state index contributed by atoms with van der Waals surface area (Å²) in [4.78, 5) is 29.7. The Bertz CT molecular complexity index is 753. The number of carbonyl (C=O) groups is 1. The predicted molar refractivity (Wildman–Crippen MR) is 90.3 cm³/mol. The Labute approximate surface area is 142 Å². The lowest BCUT2D eigenvalue weighted by atomic mass is 10.2. The van der Waals surface area contributed by atoms with Crippen molar-refractivity contribution in [2.75, 3.05) is 32.4 Å². The van der Waals surface area contributed by atoms with Gasteiger partial charge in [0.25, 0.3) is 5.56 Å². The number of H-pyrrole nitrogens is 1. The first-order valence-electron chi connectivity index (χ1n) is 6.85. The molecule has 9 heteroatoms. The molecule has 1 amide bonds. The third kappa shape index (κ3) is 4.42. The van der Waals surface area contributed by atoms with Crippen LogP contribution in [-0.4, -0.2) is 43.0 Å². The number of nitrogens with one attached hydrogen (secondary N) is 2. The van der Waals surface area contributed by atoms with E-state index in [4.69, 9.17) is 14.2 Å². The van der Waals surface area contributed by atoms with E-state index in [1.54, 1.807) is 12.1 Å². The number of carbonyl (C=O) groups excluding carboxylic acids is 1. The normalized spacial score (nSPS) is 10.1. The van der Waals surface area contributed by atoms with Crippen LogP contribution in [-0.2, 0) is 4.79 Å². The summed E-state index contributed by atoms with van der Waals surface area (Å²) >= 11 is 1.12. The molecule has 1 aromatic carbocycles. The Balaban J connectivity index is 2.07. The Hall–Kier alpha value is -2.68. The van der Waals surface area contributed by atoms with Gasteiger partial charge in [0.05, 0.1) is 27.1 Å². The number of nitrogens with zero attached hydrogens (tertiary/aromatic N) is 1. The number of ether oxygens (including phenoxy) is 3. The third-order valence-corrected chi connectivity index (χ3v) is 3.82. The maximum absolute atomic E-state index is 12.1. The molecule has 1 aromatic heterocycles. The molecule has 0 saturated carbocycles. The smallest absolute Gasteiger partial charge is 0.251 e. The van der Waals surface area contributed by atoms with E-state index in [2.05, 4.69) is 15.3 Å². The number of aromatic amines is 1. The van der Waals surface area contributed by atoms with Gasteiger partial charge in [0.2, 0.25) is 11.7 Å². The third-order valence-electron chi connectivity index (χ3n) is 2.94. The van der Waals surface area contributed by atoms with Crippen LogP contribution in [0.15, 0.2) is 34.3 Å². The van der Waals surface area contributed by atoms with Crippen molar-refractivity contribution in [3.63, 3.8) is 0 Å². The molecule has 0 atom stereocenters. The number of thioether (sulfide) groups is 1. The van der Waals surface area contributed by atoms with Crippen molar-refractivity contribution in [3.8, 4) is 17.2 Å². The fraction of sp³-hybridized carbons (Fsp3) is 0.267. The largest absolute Gasteiger partial charge is 0.493 e. The minimum Gasteiger partial charge on any atom is -0.493 e. The number of anilines is 1. The summed E-state index contributed by atoms with van der Waals surface area (Å²) in [5.41, 5.74) is 0.238.